The lowest BCUT2D eigenvalue weighted by Crippen LogP contribution is -2.03. The SMILES string of the molecule is Cc1ccc(-c2nc(C#N)c3nc(SC(=O)OCc4ccccc4)n(-c4ccccc4)c3n2)cc1. The second-order valence-corrected chi connectivity index (χ2v) is 8.64. The van der Waals surface area contributed by atoms with Crippen molar-refractivity contribution in [2.45, 2.75) is 18.7 Å². The molecule has 2 heterocycles. The number of carbonyl (C=O) groups is 1. The maximum absolute atomic E-state index is 12.7. The number of carbonyl (C=O) groups excluding carboxylic acids is 1. The fraction of sp³-hybridized carbons (Fsp3) is 0.0741. The van der Waals surface area contributed by atoms with Gasteiger partial charge in [-0.05, 0) is 24.6 Å². The summed E-state index contributed by atoms with van der Waals surface area (Å²) in [5.74, 6) is 0.411. The number of aryl methyl sites for hydroxylation is 1. The molecule has 0 bridgehead atoms. The first-order chi connectivity index (χ1) is 17.1. The van der Waals surface area contributed by atoms with Crippen LogP contribution in [-0.4, -0.2) is 24.8 Å². The first-order valence-corrected chi connectivity index (χ1v) is 11.7. The maximum Gasteiger partial charge on any atom is 0.375 e. The molecule has 0 aliphatic heterocycles. The fourth-order valence-corrected chi connectivity index (χ4v) is 4.23. The normalized spacial score (nSPS) is 10.7. The third-order valence-electron chi connectivity index (χ3n) is 5.28. The van der Waals surface area contributed by atoms with Gasteiger partial charge in [0.05, 0.1) is 0 Å². The van der Waals surface area contributed by atoms with Crippen LogP contribution in [-0.2, 0) is 11.3 Å². The van der Waals surface area contributed by atoms with Gasteiger partial charge in [-0.2, -0.15) is 5.26 Å². The van der Waals surface area contributed by atoms with Crippen molar-refractivity contribution < 1.29 is 9.53 Å². The molecule has 0 aliphatic carbocycles. The van der Waals surface area contributed by atoms with Crippen molar-refractivity contribution in [1.82, 2.24) is 19.5 Å². The zero-order valence-corrected chi connectivity index (χ0v) is 19.6. The molecule has 0 atom stereocenters. The number of ether oxygens (including phenoxy) is 1. The lowest BCUT2D eigenvalue weighted by molar-refractivity contribution is 0.168. The monoisotopic (exact) mass is 477 g/mol. The summed E-state index contributed by atoms with van der Waals surface area (Å²) in [7, 11) is 0. The molecule has 0 saturated heterocycles. The van der Waals surface area contributed by atoms with E-state index >= 15 is 0 Å². The Morgan fingerprint density at radius 2 is 1.63 bits per heavy atom. The number of fused-ring (bicyclic) bond motifs is 1. The highest BCUT2D eigenvalue weighted by Gasteiger charge is 2.22. The first-order valence-electron chi connectivity index (χ1n) is 10.8. The lowest BCUT2D eigenvalue weighted by Gasteiger charge is -2.09. The molecule has 0 radical (unpaired) electrons. The molecule has 0 saturated carbocycles. The van der Waals surface area contributed by atoms with E-state index in [-0.39, 0.29) is 12.3 Å². The van der Waals surface area contributed by atoms with Crippen LogP contribution in [0.4, 0.5) is 4.79 Å². The van der Waals surface area contributed by atoms with E-state index in [9.17, 15) is 10.1 Å². The molecular weight excluding hydrogens is 458 g/mol. The van der Waals surface area contributed by atoms with Crippen LogP contribution in [0, 0.1) is 18.3 Å². The molecule has 5 rings (SSSR count). The topological polar surface area (TPSA) is 93.7 Å². The van der Waals surface area contributed by atoms with Gasteiger partial charge in [0, 0.05) is 23.0 Å². The highest BCUT2D eigenvalue weighted by atomic mass is 32.2. The summed E-state index contributed by atoms with van der Waals surface area (Å²) in [5.41, 5.74) is 4.44. The van der Waals surface area contributed by atoms with E-state index in [0.717, 1.165) is 34.1 Å². The molecule has 0 fully saturated rings. The summed E-state index contributed by atoms with van der Waals surface area (Å²) in [4.78, 5) is 26.5. The number of benzene rings is 3. The molecular formula is C27H19N5O2S. The Kier molecular flexibility index (Phi) is 6.24. The second-order valence-electron chi connectivity index (χ2n) is 7.74. The molecule has 0 amide bonds. The van der Waals surface area contributed by atoms with Crippen LogP contribution in [0.3, 0.4) is 0 Å². The van der Waals surface area contributed by atoms with Crippen LogP contribution in [0.1, 0.15) is 16.8 Å². The molecule has 0 N–H and O–H groups in total. The van der Waals surface area contributed by atoms with E-state index in [0.29, 0.717) is 22.1 Å². The van der Waals surface area contributed by atoms with Gasteiger partial charge in [0.2, 0.25) is 0 Å². The van der Waals surface area contributed by atoms with E-state index in [4.69, 9.17) is 9.72 Å². The minimum absolute atomic E-state index is 0.139. The Morgan fingerprint density at radius 3 is 2.31 bits per heavy atom. The van der Waals surface area contributed by atoms with Crippen molar-refractivity contribution in [1.29, 1.82) is 5.26 Å². The molecule has 0 unspecified atom stereocenters. The number of nitrogens with zero attached hydrogens (tertiary/aromatic N) is 5. The van der Waals surface area contributed by atoms with Crippen LogP contribution in [0.2, 0.25) is 0 Å². The van der Waals surface area contributed by atoms with Gasteiger partial charge in [0.15, 0.2) is 22.3 Å². The van der Waals surface area contributed by atoms with E-state index in [1.54, 1.807) is 4.57 Å². The highest BCUT2D eigenvalue weighted by Crippen LogP contribution is 2.31. The highest BCUT2D eigenvalue weighted by molar-refractivity contribution is 8.13. The van der Waals surface area contributed by atoms with Crippen LogP contribution in [0.5, 0.6) is 0 Å². The van der Waals surface area contributed by atoms with Crippen molar-refractivity contribution in [2.24, 2.45) is 0 Å². The van der Waals surface area contributed by atoms with Crippen LogP contribution in [0.15, 0.2) is 90.1 Å². The first kappa shape index (κ1) is 22.3. The summed E-state index contributed by atoms with van der Waals surface area (Å²) in [5, 5.41) is 9.66. The fourth-order valence-electron chi connectivity index (χ4n) is 3.55. The summed E-state index contributed by atoms with van der Waals surface area (Å²) in [6, 6.07) is 28.8. The van der Waals surface area contributed by atoms with Gasteiger partial charge in [-0.1, -0.05) is 78.4 Å². The van der Waals surface area contributed by atoms with Crippen LogP contribution >= 0.6 is 11.8 Å². The van der Waals surface area contributed by atoms with Gasteiger partial charge in [-0.3, -0.25) is 4.57 Å². The number of para-hydroxylation sites is 1. The van der Waals surface area contributed by atoms with Gasteiger partial charge >= 0.3 is 5.30 Å². The van der Waals surface area contributed by atoms with Crippen LogP contribution in [0.25, 0.3) is 28.2 Å². The molecule has 7 nitrogen and oxygen atoms in total. The molecule has 0 aliphatic rings. The molecule has 170 valence electrons. The Morgan fingerprint density at radius 1 is 0.943 bits per heavy atom. The van der Waals surface area contributed by atoms with Gasteiger partial charge in [0.1, 0.15) is 18.2 Å². The average Bonchev–Trinajstić information content (AvgIpc) is 3.26. The second kappa shape index (κ2) is 9.79. The molecule has 0 spiro atoms. The van der Waals surface area contributed by atoms with Gasteiger partial charge < -0.3 is 4.74 Å². The summed E-state index contributed by atoms with van der Waals surface area (Å²) >= 11 is 0.846. The minimum Gasteiger partial charge on any atom is -0.452 e. The lowest BCUT2D eigenvalue weighted by atomic mass is 10.1. The number of thioether (sulfide) groups is 1. The number of imidazole rings is 1. The smallest absolute Gasteiger partial charge is 0.375 e. The number of rotatable bonds is 5. The van der Waals surface area contributed by atoms with Crippen LogP contribution < -0.4 is 0 Å². The molecule has 35 heavy (non-hydrogen) atoms. The molecule has 2 aromatic heterocycles. The van der Waals surface area contributed by atoms with Crippen molar-refractivity contribution in [3.63, 3.8) is 0 Å². The summed E-state index contributed by atoms with van der Waals surface area (Å²) in [6.07, 6.45) is 0. The number of hydrogen-bond donors (Lipinski definition) is 0. The predicted molar refractivity (Wildman–Crippen MR) is 134 cm³/mol. The Labute approximate surface area is 206 Å². The maximum atomic E-state index is 12.7. The van der Waals surface area contributed by atoms with E-state index < -0.39 is 5.30 Å². The van der Waals surface area contributed by atoms with E-state index in [2.05, 4.69) is 16.0 Å². The average molecular weight is 478 g/mol. The van der Waals surface area contributed by atoms with E-state index in [1.807, 2.05) is 91.9 Å². The summed E-state index contributed by atoms with van der Waals surface area (Å²) in [6.45, 7) is 2.15. The number of aromatic nitrogens is 4. The number of nitriles is 1. The quantitative estimate of drug-likeness (QED) is 0.223. The molecule has 5 aromatic rings. The van der Waals surface area contributed by atoms with Crippen molar-refractivity contribution >= 4 is 28.2 Å². The van der Waals surface area contributed by atoms with E-state index in [1.165, 1.54) is 0 Å². The molecule has 8 heteroatoms. The van der Waals surface area contributed by atoms with Crippen molar-refractivity contribution in [2.75, 3.05) is 0 Å². The predicted octanol–water partition coefficient (Wildman–Crippen LogP) is 6.09. The zero-order chi connectivity index (χ0) is 24.2. The zero-order valence-electron chi connectivity index (χ0n) is 18.8. The van der Waals surface area contributed by atoms with Gasteiger partial charge in [-0.15, -0.1) is 0 Å². The third-order valence-corrected chi connectivity index (χ3v) is 6.02. The Bertz CT molecular complexity index is 1540. The van der Waals surface area contributed by atoms with Gasteiger partial charge in [0.25, 0.3) is 0 Å². The largest absolute Gasteiger partial charge is 0.452 e. The van der Waals surface area contributed by atoms with Crippen molar-refractivity contribution in [3.8, 4) is 23.1 Å². The minimum atomic E-state index is -0.508. The standard InChI is InChI=1S/C27H19N5O2S/c1-18-12-14-20(15-13-18)24-29-22(16-28)23-25(31-24)32(21-10-6-3-7-11-21)26(30-23)35-27(33)34-17-19-8-4-2-5-9-19/h2-15H,17H2,1H3. The van der Waals surface area contributed by atoms with Gasteiger partial charge in [-0.25, -0.2) is 19.7 Å². The summed E-state index contributed by atoms with van der Waals surface area (Å²) < 4.78 is 7.20. The Hall–Kier alpha value is -4.48. The molecule has 3 aromatic carbocycles. The third kappa shape index (κ3) is 4.76. The number of hydrogen-bond acceptors (Lipinski definition) is 7. The Balaban J connectivity index is 1.58. The van der Waals surface area contributed by atoms with Crippen molar-refractivity contribution in [3.05, 3.63) is 102 Å².